The summed E-state index contributed by atoms with van der Waals surface area (Å²) in [6.07, 6.45) is -3.31. The third-order valence-corrected chi connectivity index (χ3v) is 3.08. The zero-order valence-electron chi connectivity index (χ0n) is 11.5. The van der Waals surface area contributed by atoms with Crippen LogP contribution in [0, 0.1) is 11.7 Å². The number of carbonyl (C=O) groups excluding carboxylic acids is 1. The number of nitrogens with one attached hydrogen (secondary N) is 1. The van der Waals surface area contributed by atoms with Crippen molar-refractivity contribution in [1.82, 2.24) is 5.32 Å². The number of aliphatic carboxylic acids is 1. The fraction of sp³-hybridized carbons (Fsp3) is 0.429. The standard InChI is InChI=1S/C12H14FNO.C2HF3O2/c13-11-3-1-9(2-4-11)12(15)10-5-7-14-8-6-10;3-2(4,5)1(6)7/h1-4,10,14H,5-8H2;(H,6,7). The number of hydrogen-bond acceptors (Lipinski definition) is 3. The summed E-state index contributed by atoms with van der Waals surface area (Å²) in [7, 11) is 0. The van der Waals surface area contributed by atoms with Crippen LogP contribution in [0.1, 0.15) is 23.2 Å². The van der Waals surface area contributed by atoms with Crippen molar-refractivity contribution in [3.63, 3.8) is 0 Å². The lowest BCUT2D eigenvalue weighted by Crippen LogP contribution is -2.31. The minimum absolute atomic E-state index is 0.108. The molecule has 122 valence electrons. The average Bonchev–Trinajstić information content (AvgIpc) is 2.48. The third kappa shape index (κ3) is 5.80. The number of rotatable bonds is 2. The molecule has 1 aliphatic rings. The van der Waals surface area contributed by atoms with E-state index in [-0.39, 0.29) is 17.5 Å². The molecule has 1 saturated heterocycles. The van der Waals surface area contributed by atoms with Crippen molar-refractivity contribution in [3.8, 4) is 0 Å². The normalized spacial score (nSPS) is 15.6. The number of benzene rings is 1. The van der Waals surface area contributed by atoms with Crippen LogP contribution < -0.4 is 5.32 Å². The number of carbonyl (C=O) groups is 2. The van der Waals surface area contributed by atoms with E-state index in [0.29, 0.717) is 5.56 Å². The summed E-state index contributed by atoms with van der Waals surface area (Å²) in [5, 5.41) is 10.3. The average molecular weight is 321 g/mol. The second-order valence-corrected chi connectivity index (χ2v) is 4.70. The highest BCUT2D eigenvalue weighted by atomic mass is 19.4. The molecule has 0 bridgehead atoms. The molecule has 0 saturated carbocycles. The SMILES string of the molecule is O=C(O)C(F)(F)F.O=C(c1ccc(F)cc1)C1CCNCC1. The van der Waals surface area contributed by atoms with Crippen LogP contribution in [0.4, 0.5) is 17.6 Å². The van der Waals surface area contributed by atoms with Crippen molar-refractivity contribution < 1.29 is 32.3 Å². The molecule has 1 aromatic rings. The highest BCUT2D eigenvalue weighted by Gasteiger charge is 2.38. The lowest BCUT2D eigenvalue weighted by atomic mass is 9.90. The van der Waals surface area contributed by atoms with Crippen LogP contribution in [0.3, 0.4) is 0 Å². The summed E-state index contributed by atoms with van der Waals surface area (Å²) >= 11 is 0. The van der Waals surface area contributed by atoms with E-state index in [1.807, 2.05) is 0 Å². The Morgan fingerprint density at radius 2 is 1.55 bits per heavy atom. The molecule has 0 atom stereocenters. The molecule has 1 fully saturated rings. The van der Waals surface area contributed by atoms with E-state index >= 15 is 0 Å². The molecule has 0 aromatic heterocycles. The first kappa shape index (κ1) is 18.1. The van der Waals surface area contributed by atoms with Crippen LogP contribution in [0.25, 0.3) is 0 Å². The first-order valence-corrected chi connectivity index (χ1v) is 6.52. The van der Waals surface area contributed by atoms with E-state index in [2.05, 4.69) is 5.32 Å². The third-order valence-electron chi connectivity index (χ3n) is 3.08. The first-order chi connectivity index (χ1) is 10.2. The molecule has 1 aliphatic heterocycles. The minimum Gasteiger partial charge on any atom is -0.475 e. The Morgan fingerprint density at radius 3 is 1.95 bits per heavy atom. The van der Waals surface area contributed by atoms with Crippen molar-refractivity contribution in [2.24, 2.45) is 5.92 Å². The Bertz CT molecular complexity index is 508. The molecule has 1 heterocycles. The van der Waals surface area contributed by atoms with Gasteiger partial charge in [-0.15, -0.1) is 0 Å². The molecule has 0 amide bonds. The van der Waals surface area contributed by atoms with E-state index in [1.165, 1.54) is 12.1 Å². The zero-order chi connectivity index (χ0) is 16.8. The van der Waals surface area contributed by atoms with Gasteiger partial charge in [-0.1, -0.05) is 0 Å². The second-order valence-electron chi connectivity index (χ2n) is 4.70. The summed E-state index contributed by atoms with van der Waals surface area (Å²) in [6, 6.07) is 5.82. The number of hydrogen-bond donors (Lipinski definition) is 2. The van der Waals surface area contributed by atoms with Crippen LogP contribution >= 0.6 is 0 Å². The summed E-state index contributed by atoms with van der Waals surface area (Å²) in [5.74, 6) is -2.79. The van der Waals surface area contributed by atoms with E-state index in [9.17, 15) is 22.4 Å². The molecule has 8 heteroatoms. The Hall–Kier alpha value is -1.96. The van der Waals surface area contributed by atoms with Crippen molar-refractivity contribution in [2.75, 3.05) is 13.1 Å². The Balaban J connectivity index is 0.000000295. The molecule has 1 aromatic carbocycles. The van der Waals surface area contributed by atoms with Gasteiger partial charge >= 0.3 is 12.1 Å². The highest BCUT2D eigenvalue weighted by molar-refractivity contribution is 5.97. The number of alkyl halides is 3. The summed E-state index contributed by atoms with van der Waals surface area (Å²) in [6.45, 7) is 1.80. The van der Waals surface area contributed by atoms with Crippen LogP contribution in [0.5, 0.6) is 0 Å². The lowest BCUT2D eigenvalue weighted by molar-refractivity contribution is -0.192. The van der Waals surface area contributed by atoms with Crippen LogP contribution in [0.2, 0.25) is 0 Å². The van der Waals surface area contributed by atoms with Crippen molar-refractivity contribution in [2.45, 2.75) is 19.0 Å². The van der Waals surface area contributed by atoms with Gasteiger partial charge < -0.3 is 10.4 Å². The largest absolute Gasteiger partial charge is 0.490 e. The minimum atomic E-state index is -5.08. The summed E-state index contributed by atoms with van der Waals surface area (Å²) in [4.78, 5) is 20.9. The van der Waals surface area contributed by atoms with Gasteiger partial charge in [0.25, 0.3) is 0 Å². The fourth-order valence-corrected chi connectivity index (χ4v) is 1.93. The van der Waals surface area contributed by atoms with E-state index in [4.69, 9.17) is 9.90 Å². The number of Topliss-reactive ketones (excluding diaryl/α,β-unsaturated/α-hetero) is 1. The first-order valence-electron chi connectivity index (χ1n) is 6.52. The predicted molar refractivity (Wildman–Crippen MR) is 70.0 cm³/mol. The molecule has 0 unspecified atom stereocenters. The number of piperidine rings is 1. The Morgan fingerprint density at radius 1 is 1.09 bits per heavy atom. The second kappa shape index (κ2) is 7.88. The number of halogens is 4. The molecule has 0 radical (unpaired) electrons. The number of ketones is 1. The monoisotopic (exact) mass is 321 g/mol. The number of carboxylic acids is 1. The molecule has 22 heavy (non-hydrogen) atoms. The van der Waals surface area contributed by atoms with E-state index < -0.39 is 12.1 Å². The fourth-order valence-electron chi connectivity index (χ4n) is 1.93. The lowest BCUT2D eigenvalue weighted by Gasteiger charge is -2.21. The van der Waals surface area contributed by atoms with Gasteiger partial charge in [-0.25, -0.2) is 9.18 Å². The van der Waals surface area contributed by atoms with Gasteiger partial charge in [0.05, 0.1) is 0 Å². The van der Waals surface area contributed by atoms with Gasteiger partial charge in [0.15, 0.2) is 5.78 Å². The van der Waals surface area contributed by atoms with Crippen LogP contribution in [0.15, 0.2) is 24.3 Å². The predicted octanol–water partition coefficient (Wildman–Crippen LogP) is 2.64. The molecule has 0 spiro atoms. The zero-order valence-corrected chi connectivity index (χ0v) is 11.5. The molecule has 0 aliphatic carbocycles. The van der Waals surface area contributed by atoms with Gasteiger partial charge in [0, 0.05) is 11.5 Å². The van der Waals surface area contributed by atoms with Gasteiger partial charge in [0.2, 0.25) is 0 Å². The molecule has 2 rings (SSSR count). The van der Waals surface area contributed by atoms with Crippen LogP contribution in [-0.2, 0) is 4.79 Å². The summed E-state index contributed by atoms with van der Waals surface area (Å²) in [5.41, 5.74) is 0.628. The summed E-state index contributed by atoms with van der Waals surface area (Å²) < 4.78 is 44.4. The van der Waals surface area contributed by atoms with Crippen molar-refractivity contribution in [3.05, 3.63) is 35.6 Å². The van der Waals surface area contributed by atoms with Crippen molar-refractivity contribution in [1.29, 1.82) is 0 Å². The van der Waals surface area contributed by atoms with E-state index in [0.717, 1.165) is 25.9 Å². The van der Waals surface area contributed by atoms with Gasteiger partial charge in [0.1, 0.15) is 5.82 Å². The maximum atomic E-state index is 12.7. The molecule has 4 nitrogen and oxygen atoms in total. The highest BCUT2D eigenvalue weighted by Crippen LogP contribution is 2.18. The van der Waals surface area contributed by atoms with Crippen LogP contribution in [-0.4, -0.2) is 36.1 Å². The number of carboxylic acid groups (broad SMARTS) is 1. The maximum absolute atomic E-state index is 12.7. The Kier molecular flexibility index (Phi) is 6.48. The topological polar surface area (TPSA) is 66.4 Å². The van der Waals surface area contributed by atoms with Gasteiger partial charge in [-0.05, 0) is 50.2 Å². The quantitative estimate of drug-likeness (QED) is 0.649. The molecule has 2 N–H and O–H groups in total. The molecular weight excluding hydrogens is 306 g/mol. The Labute approximate surface area is 124 Å². The maximum Gasteiger partial charge on any atom is 0.490 e. The smallest absolute Gasteiger partial charge is 0.475 e. The van der Waals surface area contributed by atoms with Crippen molar-refractivity contribution >= 4 is 11.8 Å². The van der Waals surface area contributed by atoms with E-state index in [1.54, 1.807) is 12.1 Å². The van der Waals surface area contributed by atoms with Gasteiger partial charge in [-0.2, -0.15) is 13.2 Å². The molecular formula is C14H15F4NO3. The van der Waals surface area contributed by atoms with Gasteiger partial charge in [-0.3, -0.25) is 4.79 Å².